The topological polar surface area (TPSA) is 93.5 Å². The van der Waals surface area contributed by atoms with Gasteiger partial charge < -0.3 is 15.4 Å². The summed E-state index contributed by atoms with van der Waals surface area (Å²) >= 11 is 0. The maximum atomic E-state index is 11.9. The van der Waals surface area contributed by atoms with Gasteiger partial charge in [0, 0.05) is 29.4 Å². The van der Waals surface area contributed by atoms with Gasteiger partial charge in [-0.2, -0.15) is 0 Å². The average Bonchev–Trinajstić information content (AvgIpc) is 2.87. The Morgan fingerprint density at radius 3 is 2.44 bits per heavy atom. The molecule has 7 nitrogen and oxygen atoms in total. The molecule has 0 saturated heterocycles. The summed E-state index contributed by atoms with van der Waals surface area (Å²) in [7, 11) is 0. The maximum absolute atomic E-state index is 11.9. The number of anilines is 1. The van der Waals surface area contributed by atoms with Crippen LogP contribution in [0.4, 0.5) is 16.2 Å². The van der Waals surface area contributed by atoms with Crippen molar-refractivity contribution in [1.82, 2.24) is 5.32 Å². The predicted molar refractivity (Wildman–Crippen MR) is 97.0 cm³/mol. The van der Waals surface area contributed by atoms with E-state index in [1.165, 1.54) is 0 Å². The number of nitro benzene ring substituents is 1. The van der Waals surface area contributed by atoms with Crippen molar-refractivity contribution in [2.24, 2.45) is 0 Å². The SMILES string of the molecule is Cc1cc([N+](=O)[O-])c(C)cc1NC1CCC(NC(=O)OC(C)(C)C)C1. The minimum Gasteiger partial charge on any atom is -0.444 e. The van der Waals surface area contributed by atoms with Crippen LogP contribution in [0.25, 0.3) is 0 Å². The Labute approximate surface area is 148 Å². The number of carbonyl (C=O) groups excluding carboxylic acids is 1. The van der Waals surface area contributed by atoms with Crippen molar-refractivity contribution in [2.75, 3.05) is 5.32 Å². The summed E-state index contributed by atoms with van der Waals surface area (Å²) < 4.78 is 5.29. The Hall–Kier alpha value is -2.31. The number of amides is 1. The highest BCUT2D eigenvalue weighted by Gasteiger charge is 2.28. The van der Waals surface area contributed by atoms with Crippen molar-refractivity contribution in [3.8, 4) is 0 Å². The molecule has 1 aromatic rings. The number of carbonyl (C=O) groups is 1. The number of alkyl carbamates (subject to hydrolysis) is 1. The molecule has 2 N–H and O–H groups in total. The van der Waals surface area contributed by atoms with Crippen LogP contribution in [0.2, 0.25) is 0 Å². The standard InChI is InChI=1S/C18H27N3O4/c1-11-9-16(21(23)24)12(2)8-15(11)19-13-6-7-14(10-13)20-17(22)25-18(3,4)5/h8-9,13-14,19H,6-7,10H2,1-5H3,(H,20,22). The third-order valence-electron chi connectivity index (χ3n) is 4.25. The number of hydrogen-bond acceptors (Lipinski definition) is 5. The summed E-state index contributed by atoms with van der Waals surface area (Å²) in [6, 6.07) is 3.72. The minimum absolute atomic E-state index is 0.0757. The molecule has 0 bridgehead atoms. The molecule has 0 aromatic heterocycles. The van der Waals surface area contributed by atoms with Gasteiger partial charge in [-0.25, -0.2) is 4.79 Å². The molecule has 1 aliphatic rings. The molecule has 1 saturated carbocycles. The van der Waals surface area contributed by atoms with Crippen LogP contribution in [0.5, 0.6) is 0 Å². The molecule has 1 amide bonds. The van der Waals surface area contributed by atoms with Crippen LogP contribution in [0, 0.1) is 24.0 Å². The van der Waals surface area contributed by atoms with Crippen molar-refractivity contribution < 1.29 is 14.5 Å². The number of rotatable bonds is 4. The van der Waals surface area contributed by atoms with Crippen LogP contribution in [0.15, 0.2) is 12.1 Å². The van der Waals surface area contributed by atoms with Gasteiger partial charge in [-0.1, -0.05) is 0 Å². The largest absolute Gasteiger partial charge is 0.444 e. The molecule has 0 heterocycles. The van der Waals surface area contributed by atoms with Gasteiger partial charge in [0.2, 0.25) is 0 Å². The molecule has 7 heteroatoms. The molecule has 2 unspecified atom stereocenters. The van der Waals surface area contributed by atoms with E-state index in [-0.39, 0.29) is 28.8 Å². The predicted octanol–water partition coefficient (Wildman–Crippen LogP) is 4.07. The van der Waals surface area contributed by atoms with Gasteiger partial charge in [-0.3, -0.25) is 10.1 Å². The third-order valence-corrected chi connectivity index (χ3v) is 4.25. The van der Waals surface area contributed by atoms with Gasteiger partial charge in [0.15, 0.2) is 0 Å². The fraction of sp³-hybridized carbons (Fsp3) is 0.611. The fourth-order valence-electron chi connectivity index (χ4n) is 3.09. The van der Waals surface area contributed by atoms with Gasteiger partial charge in [-0.15, -0.1) is 0 Å². The van der Waals surface area contributed by atoms with E-state index in [4.69, 9.17) is 4.74 Å². The summed E-state index contributed by atoms with van der Waals surface area (Å²) in [4.78, 5) is 22.5. The first-order valence-corrected chi connectivity index (χ1v) is 8.57. The van der Waals surface area contributed by atoms with Crippen LogP contribution in [-0.2, 0) is 4.74 Å². The minimum atomic E-state index is -0.506. The summed E-state index contributed by atoms with van der Waals surface area (Å²) in [5.41, 5.74) is 2.03. The van der Waals surface area contributed by atoms with Crippen LogP contribution in [0.1, 0.15) is 51.2 Å². The van der Waals surface area contributed by atoms with Gasteiger partial charge in [0.05, 0.1) is 4.92 Å². The second-order valence-electron chi connectivity index (χ2n) is 7.71. The summed E-state index contributed by atoms with van der Waals surface area (Å²) in [5.74, 6) is 0. The summed E-state index contributed by atoms with van der Waals surface area (Å²) in [6.45, 7) is 9.12. The number of benzene rings is 1. The number of aryl methyl sites for hydroxylation is 2. The van der Waals surface area contributed by atoms with Crippen LogP contribution in [-0.4, -0.2) is 28.7 Å². The van der Waals surface area contributed by atoms with E-state index in [1.54, 1.807) is 13.0 Å². The van der Waals surface area contributed by atoms with Gasteiger partial charge >= 0.3 is 6.09 Å². The number of nitrogens with one attached hydrogen (secondary N) is 2. The molecular formula is C18H27N3O4. The zero-order chi connectivity index (χ0) is 18.8. The molecule has 2 rings (SSSR count). The van der Waals surface area contributed by atoms with E-state index in [1.807, 2.05) is 33.8 Å². The quantitative estimate of drug-likeness (QED) is 0.631. The normalized spacial score (nSPS) is 20.2. The zero-order valence-corrected chi connectivity index (χ0v) is 15.5. The van der Waals surface area contributed by atoms with E-state index >= 15 is 0 Å². The summed E-state index contributed by atoms with van der Waals surface area (Å²) in [6.07, 6.45) is 2.22. The van der Waals surface area contributed by atoms with Gasteiger partial charge in [0.25, 0.3) is 5.69 Å². The van der Waals surface area contributed by atoms with E-state index in [9.17, 15) is 14.9 Å². The van der Waals surface area contributed by atoms with Gasteiger partial charge in [-0.05, 0) is 65.5 Å². The molecule has 138 valence electrons. The fourth-order valence-corrected chi connectivity index (χ4v) is 3.09. The second kappa shape index (κ2) is 7.29. The lowest BCUT2D eigenvalue weighted by Gasteiger charge is -2.22. The van der Waals surface area contributed by atoms with E-state index in [0.717, 1.165) is 30.5 Å². The molecule has 1 aromatic carbocycles. The number of nitrogens with zero attached hydrogens (tertiary/aromatic N) is 1. The Kier molecular flexibility index (Phi) is 5.55. The van der Waals surface area contributed by atoms with Crippen molar-refractivity contribution in [3.63, 3.8) is 0 Å². The molecule has 25 heavy (non-hydrogen) atoms. The first-order valence-electron chi connectivity index (χ1n) is 8.57. The lowest BCUT2D eigenvalue weighted by molar-refractivity contribution is -0.385. The highest BCUT2D eigenvalue weighted by atomic mass is 16.6. The molecule has 2 atom stereocenters. The summed E-state index contributed by atoms with van der Waals surface area (Å²) in [5, 5.41) is 17.4. The highest BCUT2D eigenvalue weighted by molar-refractivity contribution is 5.68. The Balaban J connectivity index is 1.94. The number of nitro groups is 1. The van der Waals surface area contributed by atoms with Crippen molar-refractivity contribution >= 4 is 17.5 Å². The lowest BCUT2D eigenvalue weighted by atomic mass is 10.1. The smallest absolute Gasteiger partial charge is 0.407 e. The van der Waals surface area contributed by atoms with Crippen molar-refractivity contribution in [3.05, 3.63) is 33.4 Å². The zero-order valence-electron chi connectivity index (χ0n) is 15.5. The van der Waals surface area contributed by atoms with Gasteiger partial charge in [0.1, 0.15) is 5.60 Å². The molecule has 1 aliphatic carbocycles. The third kappa shape index (κ3) is 5.34. The van der Waals surface area contributed by atoms with E-state index in [0.29, 0.717) is 5.56 Å². The molecule has 0 spiro atoms. The molecule has 0 aliphatic heterocycles. The molecular weight excluding hydrogens is 322 g/mol. The molecule has 1 fully saturated rings. The second-order valence-corrected chi connectivity index (χ2v) is 7.71. The lowest BCUT2D eigenvalue weighted by Crippen LogP contribution is -2.38. The molecule has 0 radical (unpaired) electrons. The number of hydrogen-bond donors (Lipinski definition) is 2. The first kappa shape index (κ1) is 19.0. The number of ether oxygens (including phenoxy) is 1. The average molecular weight is 349 g/mol. The Bertz CT molecular complexity index is 667. The maximum Gasteiger partial charge on any atom is 0.407 e. The first-order chi connectivity index (χ1) is 11.5. The van der Waals surface area contributed by atoms with Crippen molar-refractivity contribution in [2.45, 2.75) is 71.6 Å². The van der Waals surface area contributed by atoms with Crippen molar-refractivity contribution in [1.29, 1.82) is 0 Å². The van der Waals surface area contributed by atoms with E-state index in [2.05, 4.69) is 10.6 Å². The van der Waals surface area contributed by atoms with E-state index < -0.39 is 5.60 Å². The Morgan fingerprint density at radius 2 is 1.84 bits per heavy atom. The van der Waals surface area contributed by atoms with Crippen LogP contribution < -0.4 is 10.6 Å². The van der Waals surface area contributed by atoms with Crippen LogP contribution in [0.3, 0.4) is 0 Å². The Morgan fingerprint density at radius 1 is 1.20 bits per heavy atom. The monoisotopic (exact) mass is 349 g/mol. The van der Waals surface area contributed by atoms with Crippen LogP contribution >= 0.6 is 0 Å². The highest BCUT2D eigenvalue weighted by Crippen LogP contribution is 2.29.